The Morgan fingerprint density at radius 3 is 2.56 bits per heavy atom. The van der Waals surface area contributed by atoms with Crippen LogP contribution in [0.5, 0.6) is 5.75 Å². The molecule has 2 aromatic heterocycles. The van der Waals surface area contributed by atoms with E-state index in [9.17, 15) is 4.39 Å². The molecule has 4 rings (SSSR count). The third-order valence-electron chi connectivity index (χ3n) is 5.19. The fraction of sp³-hybridized carbons (Fsp3) is 0.292. The van der Waals surface area contributed by atoms with Gasteiger partial charge in [0.15, 0.2) is 0 Å². The molecule has 4 aromatic rings. The first-order chi connectivity index (χ1) is 16.4. The summed E-state index contributed by atoms with van der Waals surface area (Å²) in [6.45, 7) is 1.04. The summed E-state index contributed by atoms with van der Waals surface area (Å²) in [5.41, 5.74) is 5.91. The molecule has 6 nitrogen and oxygen atoms in total. The Morgan fingerprint density at radius 1 is 1.03 bits per heavy atom. The molecule has 0 radical (unpaired) electrons. The molecule has 2 aromatic carbocycles. The first-order valence-electron chi connectivity index (χ1n) is 10.8. The Bertz CT molecular complexity index is 1260. The van der Waals surface area contributed by atoms with Gasteiger partial charge in [0, 0.05) is 18.5 Å². The number of alkyl halides is 2. The van der Waals surface area contributed by atoms with Crippen molar-refractivity contribution in [1.82, 2.24) is 15.0 Å². The van der Waals surface area contributed by atoms with Gasteiger partial charge in [-0.15, -0.1) is 11.3 Å². The van der Waals surface area contributed by atoms with Crippen LogP contribution in [0.2, 0.25) is 0 Å². The van der Waals surface area contributed by atoms with Crippen molar-refractivity contribution < 1.29 is 17.9 Å². The third-order valence-corrected chi connectivity index (χ3v) is 6.21. The summed E-state index contributed by atoms with van der Waals surface area (Å²) in [5.74, 6) is -3.19. The number of thiazole rings is 1. The summed E-state index contributed by atoms with van der Waals surface area (Å²) in [4.78, 5) is 13.1. The highest BCUT2D eigenvalue weighted by Crippen LogP contribution is 2.36. The number of fused-ring (bicyclic) bond motifs is 1. The van der Waals surface area contributed by atoms with Crippen LogP contribution in [-0.2, 0) is 12.3 Å². The quantitative estimate of drug-likeness (QED) is 0.302. The Kier molecular flexibility index (Phi) is 7.28. The van der Waals surface area contributed by atoms with Crippen molar-refractivity contribution in [3.05, 3.63) is 76.3 Å². The van der Waals surface area contributed by atoms with Gasteiger partial charge in [-0.05, 0) is 67.9 Å². The maximum absolute atomic E-state index is 15.3. The molecule has 0 atom stereocenters. The SMILES string of the molecule is COc1ccc2nc(Cc3cc(C(F)(F)c4ccc(F)cc4)nc(NCCCCN)n3)sc2c1. The van der Waals surface area contributed by atoms with Crippen LogP contribution in [-0.4, -0.2) is 35.2 Å². The molecular formula is C24H24F3N5OS. The number of hydrogen-bond donors (Lipinski definition) is 2. The number of nitrogens with one attached hydrogen (secondary N) is 1. The average Bonchev–Trinajstić information content (AvgIpc) is 3.23. The van der Waals surface area contributed by atoms with E-state index in [-0.39, 0.29) is 17.9 Å². The summed E-state index contributed by atoms with van der Waals surface area (Å²) in [7, 11) is 1.59. The molecule has 10 heteroatoms. The van der Waals surface area contributed by atoms with Crippen molar-refractivity contribution in [3.63, 3.8) is 0 Å². The molecule has 0 saturated heterocycles. The molecule has 0 bridgehead atoms. The maximum atomic E-state index is 15.3. The van der Waals surface area contributed by atoms with E-state index in [1.165, 1.54) is 17.4 Å². The lowest BCUT2D eigenvalue weighted by Crippen LogP contribution is -2.20. The summed E-state index contributed by atoms with van der Waals surface area (Å²) in [6, 6.07) is 11.0. The van der Waals surface area contributed by atoms with E-state index in [0.717, 1.165) is 58.1 Å². The number of hydrogen-bond acceptors (Lipinski definition) is 7. The van der Waals surface area contributed by atoms with Crippen LogP contribution in [0.4, 0.5) is 19.1 Å². The fourth-order valence-electron chi connectivity index (χ4n) is 3.41. The van der Waals surface area contributed by atoms with E-state index in [1.807, 2.05) is 18.2 Å². The van der Waals surface area contributed by atoms with Crippen LogP contribution in [0, 0.1) is 5.82 Å². The Labute approximate surface area is 199 Å². The summed E-state index contributed by atoms with van der Waals surface area (Å²) in [5, 5.41) is 3.74. The van der Waals surface area contributed by atoms with Crippen LogP contribution in [0.3, 0.4) is 0 Å². The molecule has 2 heterocycles. The van der Waals surface area contributed by atoms with E-state index < -0.39 is 17.4 Å². The number of nitrogens with two attached hydrogens (primary N) is 1. The van der Waals surface area contributed by atoms with Crippen molar-refractivity contribution >= 4 is 27.5 Å². The normalized spacial score (nSPS) is 11.7. The van der Waals surface area contributed by atoms with E-state index in [4.69, 9.17) is 10.5 Å². The minimum absolute atomic E-state index is 0.106. The molecule has 0 spiro atoms. The Morgan fingerprint density at radius 2 is 1.82 bits per heavy atom. The summed E-state index contributed by atoms with van der Waals surface area (Å²) in [6.07, 6.45) is 1.81. The highest BCUT2D eigenvalue weighted by atomic mass is 32.1. The number of halogens is 3. The number of unbranched alkanes of at least 4 members (excludes halogenated alkanes) is 1. The molecule has 34 heavy (non-hydrogen) atoms. The zero-order valence-electron chi connectivity index (χ0n) is 18.5. The number of rotatable bonds is 10. The van der Waals surface area contributed by atoms with Gasteiger partial charge in [0.25, 0.3) is 0 Å². The van der Waals surface area contributed by atoms with Gasteiger partial charge in [-0.3, -0.25) is 0 Å². The van der Waals surface area contributed by atoms with Crippen molar-refractivity contribution in [2.75, 3.05) is 25.5 Å². The number of nitrogens with zero attached hydrogens (tertiary/aromatic N) is 3. The van der Waals surface area contributed by atoms with Gasteiger partial charge in [0.05, 0.1) is 28.0 Å². The highest BCUT2D eigenvalue weighted by Gasteiger charge is 2.36. The molecule has 0 aliphatic rings. The predicted octanol–water partition coefficient (Wildman–Crippen LogP) is 5.12. The summed E-state index contributed by atoms with van der Waals surface area (Å²) < 4.78 is 50.1. The minimum atomic E-state index is -3.43. The van der Waals surface area contributed by atoms with Gasteiger partial charge < -0.3 is 15.8 Å². The van der Waals surface area contributed by atoms with E-state index >= 15 is 8.78 Å². The van der Waals surface area contributed by atoms with E-state index in [0.29, 0.717) is 18.8 Å². The molecule has 178 valence electrons. The van der Waals surface area contributed by atoms with Crippen LogP contribution in [0.15, 0.2) is 48.5 Å². The largest absolute Gasteiger partial charge is 0.497 e. The number of anilines is 1. The van der Waals surface area contributed by atoms with Gasteiger partial charge in [0.1, 0.15) is 17.3 Å². The monoisotopic (exact) mass is 487 g/mol. The Balaban J connectivity index is 1.67. The van der Waals surface area contributed by atoms with Gasteiger partial charge in [-0.2, -0.15) is 8.78 Å². The minimum Gasteiger partial charge on any atom is -0.497 e. The van der Waals surface area contributed by atoms with Crippen LogP contribution < -0.4 is 15.8 Å². The lowest BCUT2D eigenvalue weighted by molar-refractivity contribution is 0.0378. The molecule has 0 amide bonds. The molecule has 0 aliphatic heterocycles. The highest BCUT2D eigenvalue weighted by molar-refractivity contribution is 7.18. The fourth-order valence-corrected chi connectivity index (χ4v) is 4.43. The van der Waals surface area contributed by atoms with Gasteiger partial charge in [0.2, 0.25) is 5.95 Å². The maximum Gasteiger partial charge on any atom is 0.315 e. The van der Waals surface area contributed by atoms with Gasteiger partial charge >= 0.3 is 5.92 Å². The van der Waals surface area contributed by atoms with Crippen molar-refractivity contribution in [2.24, 2.45) is 5.73 Å². The smallest absolute Gasteiger partial charge is 0.315 e. The molecule has 3 N–H and O–H groups in total. The number of methoxy groups -OCH3 is 1. The van der Waals surface area contributed by atoms with Crippen LogP contribution in [0.25, 0.3) is 10.2 Å². The number of benzene rings is 2. The van der Waals surface area contributed by atoms with Crippen molar-refractivity contribution in [3.8, 4) is 5.75 Å². The van der Waals surface area contributed by atoms with Gasteiger partial charge in [-0.25, -0.2) is 19.3 Å². The Hall–Kier alpha value is -3.24. The second kappa shape index (κ2) is 10.4. The van der Waals surface area contributed by atoms with Crippen molar-refractivity contribution in [1.29, 1.82) is 0 Å². The topological polar surface area (TPSA) is 86.0 Å². The summed E-state index contributed by atoms with van der Waals surface area (Å²) >= 11 is 1.45. The predicted molar refractivity (Wildman–Crippen MR) is 127 cm³/mol. The zero-order valence-corrected chi connectivity index (χ0v) is 19.3. The van der Waals surface area contributed by atoms with Gasteiger partial charge in [-0.1, -0.05) is 0 Å². The third kappa shape index (κ3) is 5.45. The molecule has 0 aliphatic carbocycles. The van der Waals surface area contributed by atoms with Crippen molar-refractivity contribution in [2.45, 2.75) is 25.2 Å². The van der Waals surface area contributed by atoms with E-state index in [1.54, 1.807) is 7.11 Å². The van der Waals surface area contributed by atoms with Crippen LogP contribution in [0.1, 0.15) is 34.8 Å². The zero-order chi connectivity index (χ0) is 24.1. The average molecular weight is 488 g/mol. The lowest BCUT2D eigenvalue weighted by Gasteiger charge is -2.18. The second-order valence-electron chi connectivity index (χ2n) is 7.69. The van der Waals surface area contributed by atoms with Crippen LogP contribution >= 0.6 is 11.3 Å². The number of aromatic nitrogens is 3. The molecule has 0 fully saturated rings. The molecule has 0 saturated carbocycles. The van der Waals surface area contributed by atoms with E-state index in [2.05, 4.69) is 20.3 Å². The first kappa shape index (κ1) is 23.9. The second-order valence-corrected chi connectivity index (χ2v) is 8.81. The molecular weight excluding hydrogens is 463 g/mol. The standard InChI is InChI=1S/C24H24F3N5OS/c1-33-18-8-9-19-20(14-18)34-22(31-19)13-17-12-21(32-23(30-17)29-11-3-2-10-28)24(26,27)15-4-6-16(25)7-5-15/h4-9,12,14H,2-3,10-11,13,28H2,1H3,(H,29,30,32). The lowest BCUT2D eigenvalue weighted by atomic mass is 10.0. The number of ether oxygens (including phenoxy) is 1. The molecule has 0 unspecified atom stereocenters. The first-order valence-corrected chi connectivity index (χ1v) is 11.6.